The first-order chi connectivity index (χ1) is 11.2. The average molecular weight is 333 g/mol. The highest BCUT2D eigenvalue weighted by Crippen LogP contribution is 2.27. The van der Waals surface area contributed by atoms with E-state index in [2.05, 4.69) is 5.32 Å². The predicted octanol–water partition coefficient (Wildman–Crippen LogP) is 3.44. The van der Waals surface area contributed by atoms with Crippen LogP contribution in [0.4, 0.5) is 0 Å². The number of carbonyl (C=O) groups excluding carboxylic acids is 2. The summed E-state index contributed by atoms with van der Waals surface area (Å²) in [5.74, 6) is -1.37. The molecule has 0 spiro atoms. The summed E-state index contributed by atoms with van der Waals surface area (Å²) in [7, 11) is 0. The first-order valence-corrected chi connectivity index (χ1v) is 8.35. The highest BCUT2D eigenvalue weighted by atomic mass is 16.4. The summed E-state index contributed by atoms with van der Waals surface area (Å²) in [5.41, 5.74) is 0.0857. The summed E-state index contributed by atoms with van der Waals surface area (Å²) in [4.78, 5) is 35.7. The third-order valence-corrected chi connectivity index (χ3v) is 3.85. The maximum atomic E-state index is 12.3. The number of amides is 1. The molecule has 0 bridgehead atoms. The fraction of sp³-hybridized carbons (Fsp3) is 0.526. The Morgan fingerprint density at radius 2 is 1.75 bits per heavy atom. The smallest absolute Gasteiger partial charge is 0.326 e. The quantitative estimate of drug-likeness (QED) is 0.643. The number of ketones is 1. The molecule has 1 aromatic rings. The number of hydrogen-bond donors (Lipinski definition) is 2. The Kier molecular flexibility index (Phi) is 7.62. The van der Waals surface area contributed by atoms with Crippen molar-refractivity contribution < 1.29 is 19.5 Å². The van der Waals surface area contributed by atoms with Crippen LogP contribution in [-0.2, 0) is 9.59 Å². The number of benzene rings is 1. The molecule has 0 fully saturated rings. The van der Waals surface area contributed by atoms with Gasteiger partial charge in [-0.05, 0) is 11.8 Å². The van der Waals surface area contributed by atoms with E-state index in [9.17, 15) is 19.5 Å². The highest BCUT2D eigenvalue weighted by Gasteiger charge is 2.28. The van der Waals surface area contributed by atoms with Gasteiger partial charge in [-0.2, -0.15) is 0 Å². The molecule has 1 rings (SSSR count). The van der Waals surface area contributed by atoms with Gasteiger partial charge in [-0.1, -0.05) is 63.9 Å². The fourth-order valence-electron chi connectivity index (χ4n) is 2.57. The largest absolute Gasteiger partial charge is 0.480 e. The van der Waals surface area contributed by atoms with E-state index in [-0.39, 0.29) is 24.5 Å². The Hall–Kier alpha value is -2.17. The van der Waals surface area contributed by atoms with Crippen LogP contribution in [0.2, 0.25) is 0 Å². The van der Waals surface area contributed by atoms with Crippen LogP contribution in [0.1, 0.15) is 63.2 Å². The molecule has 0 saturated carbocycles. The molecule has 0 heterocycles. The average Bonchev–Trinajstić information content (AvgIpc) is 2.50. The molecule has 5 nitrogen and oxygen atoms in total. The summed E-state index contributed by atoms with van der Waals surface area (Å²) in [6.45, 7) is 5.66. The van der Waals surface area contributed by atoms with Crippen LogP contribution in [0.5, 0.6) is 0 Å². The maximum Gasteiger partial charge on any atom is 0.326 e. The fourth-order valence-corrected chi connectivity index (χ4v) is 2.57. The number of rotatable bonds is 10. The molecular weight excluding hydrogens is 306 g/mol. The zero-order valence-corrected chi connectivity index (χ0v) is 14.7. The minimum Gasteiger partial charge on any atom is -0.480 e. The highest BCUT2D eigenvalue weighted by molar-refractivity contribution is 5.96. The van der Waals surface area contributed by atoms with E-state index < -0.39 is 17.4 Å². The van der Waals surface area contributed by atoms with Crippen molar-refractivity contribution in [2.24, 2.45) is 5.41 Å². The summed E-state index contributed by atoms with van der Waals surface area (Å²) in [5, 5.41) is 11.7. The third-order valence-electron chi connectivity index (χ3n) is 3.85. The zero-order chi connectivity index (χ0) is 18.2. The molecule has 2 N–H and O–H groups in total. The number of unbranched alkanes of at least 4 members (excludes halogenated alkanes) is 1. The van der Waals surface area contributed by atoms with E-state index in [0.717, 1.165) is 12.8 Å². The molecule has 0 radical (unpaired) electrons. The van der Waals surface area contributed by atoms with E-state index in [1.165, 1.54) is 0 Å². The molecule has 24 heavy (non-hydrogen) atoms. The van der Waals surface area contributed by atoms with Gasteiger partial charge in [0, 0.05) is 18.4 Å². The number of aliphatic carboxylic acids is 1. The summed E-state index contributed by atoms with van der Waals surface area (Å²) < 4.78 is 0. The SMILES string of the molecule is CCCCC(NC(=O)CC(C)(C)CC(=O)c1ccccc1)C(=O)O. The molecule has 0 saturated heterocycles. The van der Waals surface area contributed by atoms with E-state index in [0.29, 0.717) is 12.0 Å². The van der Waals surface area contributed by atoms with E-state index in [4.69, 9.17) is 0 Å². The molecule has 1 unspecified atom stereocenters. The van der Waals surface area contributed by atoms with Gasteiger partial charge >= 0.3 is 5.97 Å². The standard InChI is InChI=1S/C19H27NO4/c1-4-5-11-15(18(23)24)20-17(22)13-19(2,3)12-16(21)14-9-7-6-8-10-14/h6-10,15H,4-5,11-13H2,1-3H3,(H,20,22)(H,23,24). The number of nitrogens with one attached hydrogen (secondary N) is 1. The lowest BCUT2D eigenvalue weighted by atomic mass is 9.82. The van der Waals surface area contributed by atoms with Crippen molar-refractivity contribution in [3.05, 3.63) is 35.9 Å². The normalized spacial score (nSPS) is 12.5. The van der Waals surface area contributed by atoms with Crippen molar-refractivity contribution in [1.82, 2.24) is 5.32 Å². The zero-order valence-electron chi connectivity index (χ0n) is 14.7. The summed E-state index contributed by atoms with van der Waals surface area (Å²) in [6.07, 6.45) is 2.38. The molecule has 1 aromatic carbocycles. The van der Waals surface area contributed by atoms with Crippen molar-refractivity contribution in [3.63, 3.8) is 0 Å². The first kappa shape index (κ1) is 19.9. The van der Waals surface area contributed by atoms with Gasteiger partial charge in [0.25, 0.3) is 0 Å². The molecule has 0 aliphatic carbocycles. The van der Waals surface area contributed by atoms with Crippen LogP contribution in [-0.4, -0.2) is 28.8 Å². The van der Waals surface area contributed by atoms with Gasteiger partial charge in [-0.15, -0.1) is 0 Å². The van der Waals surface area contributed by atoms with E-state index in [1.54, 1.807) is 24.3 Å². The molecule has 0 aliphatic heterocycles. The number of carboxylic acid groups (broad SMARTS) is 1. The van der Waals surface area contributed by atoms with Crippen LogP contribution in [0.15, 0.2) is 30.3 Å². The Bertz CT molecular complexity index is 566. The lowest BCUT2D eigenvalue weighted by Gasteiger charge is -2.24. The van der Waals surface area contributed by atoms with Crippen LogP contribution in [0.3, 0.4) is 0 Å². The van der Waals surface area contributed by atoms with Crippen LogP contribution >= 0.6 is 0 Å². The van der Waals surface area contributed by atoms with Crippen LogP contribution in [0, 0.1) is 5.41 Å². The van der Waals surface area contributed by atoms with Crippen molar-refractivity contribution in [1.29, 1.82) is 0 Å². The van der Waals surface area contributed by atoms with Gasteiger partial charge in [0.05, 0.1) is 0 Å². The summed E-state index contributed by atoms with van der Waals surface area (Å²) in [6, 6.07) is 8.10. The number of carboxylic acids is 1. The molecule has 1 amide bonds. The Morgan fingerprint density at radius 3 is 2.29 bits per heavy atom. The van der Waals surface area contributed by atoms with Gasteiger partial charge in [0.1, 0.15) is 6.04 Å². The van der Waals surface area contributed by atoms with Gasteiger partial charge < -0.3 is 10.4 Å². The molecule has 0 aliphatic rings. The van der Waals surface area contributed by atoms with Gasteiger partial charge in [0.2, 0.25) is 5.91 Å². The molecule has 1 atom stereocenters. The second-order valence-electron chi connectivity index (χ2n) is 6.91. The Morgan fingerprint density at radius 1 is 1.12 bits per heavy atom. The predicted molar refractivity (Wildman–Crippen MR) is 92.9 cm³/mol. The molecule has 132 valence electrons. The second-order valence-corrected chi connectivity index (χ2v) is 6.91. The van der Waals surface area contributed by atoms with Crippen molar-refractivity contribution >= 4 is 17.7 Å². The van der Waals surface area contributed by atoms with Crippen molar-refractivity contribution in [3.8, 4) is 0 Å². The maximum absolute atomic E-state index is 12.3. The lowest BCUT2D eigenvalue weighted by Crippen LogP contribution is -2.42. The monoisotopic (exact) mass is 333 g/mol. The Balaban J connectivity index is 2.60. The second kappa shape index (κ2) is 9.21. The first-order valence-electron chi connectivity index (χ1n) is 8.35. The minimum absolute atomic E-state index is 0.0193. The van der Waals surface area contributed by atoms with E-state index >= 15 is 0 Å². The number of Topliss-reactive ketones (excluding diaryl/α,β-unsaturated/α-hetero) is 1. The molecular formula is C19H27NO4. The third kappa shape index (κ3) is 6.94. The lowest BCUT2D eigenvalue weighted by molar-refractivity contribution is -0.142. The molecule has 5 heteroatoms. The van der Waals surface area contributed by atoms with Crippen molar-refractivity contribution in [2.45, 2.75) is 58.9 Å². The van der Waals surface area contributed by atoms with Gasteiger partial charge in [-0.3, -0.25) is 9.59 Å². The van der Waals surface area contributed by atoms with Gasteiger partial charge in [0.15, 0.2) is 5.78 Å². The van der Waals surface area contributed by atoms with E-state index in [1.807, 2.05) is 26.8 Å². The van der Waals surface area contributed by atoms with Crippen molar-refractivity contribution in [2.75, 3.05) is 0 Å². The Labute approximate surface area is 143 Å². The topological polar surface area (TPSA) is 83.5 Å². The van der Waals surface area contributed by atoms with Gasteiger partial charge in [-0.25, -0.2) is 4.79 Å². The number of hydrogen-bond acceptors (Lipinski definition) is 3. The summed E-state index contributed by atoms with van der Waals surface area (Å²) >= 11 is 0. The molecule has 0 aromatic heterocycles. The van der Waals surface area contributed by atoms with Crippen LogP contribution in [0.25, 0.3) is 0 Å². The van der Waals surface area contributed by atoms with Crippen LogP contribution < -0.4 is 5.32 Å². The minimum atomic E-state index is -1.02. The number of carbonyl (C=O) groups is 3.